The number of nitrogens with one attached hydrogen (secondary N) is 2. The Hall–Kier alpha value is -1.71. The minimum Gasteiger partial charge on any atom is -0.497 e. The number of carbonyl (C=O) groups is 1. The lowest BCUT2D eigenvalue weighted by molar-refractivity contribution is 0.251. The summed E-state index contributed by atoms with van der Waals surface area (Å²) < 4.78 is 5.14. The van der Waals surface area contributed by atoms with Gasteiger partial charge in [-0.3, -0.25) is 0 Å². The van der Waals surface area contributed by atoms with Gasteiger partial charge in [0.2, 0.25) is 0 Å². The topological polar surface area (TPSA) is 50.4 Å². The van der Waals surface area contributed by atoms with E-state index in [1.807, 2.05) is 19.1 Å². The molecule has 16 heavy (non-hydrogen) atoms. The smallest absolute Gasteiger partial charge is 0.319 e. The number of benzene rings is 1. The quantitative estimate of drug-likeness (QED) is 0.821. The number of methoxy groups -OCH3 is 1. The number of urea groups is 1. The van der Waals surface area contributed by atoms with Gasteiger partial charge in [-0.15, -0.1) is 0 Å². The highest BCUT2D eigenvalue weighted by atomic mass is 16.5. The number of hydrogen-bond donors (Lipinski definition) is 2. The van der Waals surface area contributed by atoms with Gasteiger partial charge >= 0.3 is 6.03 Å². The van der Waals surface area contributed by atoms with Crippen molar-refractivity contribution in [2.75, 3.05) is 12.4 Å². The first kappa shape index (κ1) is 10.8. The average Bonchev–Trinajstić information content (AvgIpc) is 3.00. The van der Waals surface area contributed by atoms with Crippen molar-refractivity contribution in [1.82, 2.24) is 5.32 Å². The maximum absolute atomic E-state index is 11.5. The zero-order valence-corrected chi connectivity index (χ0v) is 9.54. The molecular formula is C12H16N2O2. The van der Waals surface area contributed by atoms with Crippen LogP contribution in [0.15, 0.2) is 18.2 Å². The molecule has 1 aliphatic rings. The number of hydrogen-bond acceptors (Lipinski definition) is 2. The van der Waals surface area contributed by atoms with Crippen molar-refractivity contribution in [1.29, 1.82) is 0 Å². The summed E-state index contributed by atoms with van der Waals surface area (Å²) >= 11 is 0. The third-order valence-electron chi connectivity index (χ3n) is 2.46. The van der Waals surface area contributed by atoms with E-state index in [4.69, 9.17) is 4.74 Å². The van der Waals surface area contributed by atoms with Gasteiger partial charge in [-0.25, -0.2) is 4.79 Å². The highest BCUT2D eigenvalue weighted by Crippen LogP contribution is 2.21. The highest BCUT2D eigenvalue weighted by Gasteiger charge is 2.23. The van der Waals surface area contributed by atoms with Crippen LogP contribution < -0.4 is 15.4 Å². The fourth-order valence-electron chi connectivity index (χ4n) is 1.52. The molecule has 0 unspecified atom stereocenters. The molecule has 4 heteroatoms. The molecule has 2 N–H and O–H groups in total. The summed E-state index contributed by atoms with van der Waals surface area (Å²) in [5.74, 6) is 0.752. The number of carbonyl (C=O) groups excluding carboxylic acids is 1. The minimum absolute atomic E-state index is 0.143. The van der Waals surface area contributed by atoms with E-state index in [1.54, 1.807) is 13.2 Å². The molecule has 86 valence electrons. The molecule has 0 aliphatic heterocycles. The fraction of sp³-hybridized carbons (Fsp3) is 0.417. The molecule has 1 fully saturated rings. The summed E-state index contributed by atoms with van der Waals surface area (Å²) in [4.78, 5) is 11.5. The molecule has 0 radical (unpaired) electrons. The maximum atomic E-state index is 11.5. The summed E-state index contributed by atoms with van der Waals surface area (Å²) in [6.45, 7) is 1.96. The molecule has 1 aromatic rings. The Balaban J connectivity index is 2.01. The summed E-state index contributed by atoms with van der Waals surface area (Å²) in [5, 5.41) is 5.67. The van der Waals surface area contributed by atoms with Crippen LogP contribution in [0.3, 0.4) is 0 Å². The Morgan fingerprint density at radius 1 is 1.38 bits per heavy atom. The molecule has 1 saturated carbocycles. The lowest BCUT2D eigenvalue weighted by atomic mass is 10.2. The number of anilines is 1. The van der Waals surface area contributed by atoms with Crippen LogP contribution in [0.2, 0.25) is 0 Å². The third kappa shape index (κ3) is 2.89. The predicted octanol–water partition coefficient (Wildman–Crippen LogP) is 2.29. The summed E-state index contributed by atoms with van der Waals surface area (Å²) in [6, 6.07) is 5.86. The van der Waals surface area contributed by atoms with Gasteiger partial charge in [-0.05, 0) is 37.5 Å². The normalized spacial score (nSPS) is 14.4. The standard InChI is InChI=1S/C12H16N2O2/c1-8-5-10(7-11(6-8)16-2)14-12(15)13-9-3-4-9/h5-7,9H,3-4H2,1-2H3,(H2,13,14,15). The molecule has 0 bridgehead atoms. The second kappa shape index (κ2) is 4.43. The van der Waals surface area contributed by atoms with E-state index in [-0.39, 0.29) is 6.03 Å². The molecule has 4 nitrogen and oxygen atoms in total. The summed E-state index contributed by atoms with van der Waals surface area (Å²) in [5.41, 5.74) is 1.82. The predicted molar refractivity (Wildman–Crippen MR) is 62.9 cm³/mol. The van der Waals surface area contributed by atoms with Crippen LogP contribution in [-0.4, -0.2) is 19.2 Å². The van der Waals surface area contributed by atoms with Crippen LogP contribution in [0.5, 0.6) is 5.75 Å². The van der Waals surface area contributed by atoms with Crippen LogP contribution in [-0.2, 0) is 0 Å². The highest BCUT2D eigenvalue weighted by molar-refractivity contribution is 5.90. The van der Waals surface area contributed by atoms with E-state index in [0.717, 1.165) is 29.8 Å². The molecular weight excluding hydrogens is 204 g/mol. The van der Waals surface area contributed by atoms with Crippen molar-refractivity contribution in [2.45, 2.75) is 25.8 Å². The van der Waals surface area contributed by atoms with Gasteiger partial charge in [-0.1, -0.05) is 0 Å². The molecule has 0 aromatic heterocycles. The summed E-state index contributed by atoms with van der Waals surface area (Å²) in [6.07, 6.45) is 2.18. The van der Waals surface area contributed by atoms with E-state index in [0.29, 0.717) is 6.04 Å². The van der Waals surface area contributed by atoms with Crippen molar-refractivity contribution in [3.05, 3.63) is 23.8 Å². The van der Waals surface area contributed by atoms with Crippen LogP contribution in [0, 0.1) is 6.92 Å². The first-order chi connectivity index (χ1) is 7.67. The molecule has 2 rings (SSSR count). The van der Waals surface area contributed by atoms with Crippen LogP contribution in [0.25, 0.3) is 0 Å². The van der Waals surface area contributed by atoms with Crippen LogP contribution in [0.1, 0.15) is 18.4 Å². The van der Waals surface area contributed by atoms with Gasteiger partial charge in [0.1, 0.15) is 5.75 Å². The van der Waals surface area contributed by atoms with Crippen LogP contribution >= 0.6 is 0 Å². The van der Waals surface area contributed by atoms with Gasteiger partial charge in [0.15, 0.2) is 0 Å². The fourth-order valence-corrected chi connectivity index (χ4v) is 1.52. The molecule has 1 aliphatic carbocycles. The van der Waals surface area contributed by atoms with Crippen molar-refractivity contribution in [2.24, 2.45) is 0 Å². The van der Waals surface area contributed by atoms with Crippen molar-refractivity contribution >= 4 is 11.7 Å². The van der Waals surface area contributed by atoms with Gasteiger partial charge in [0, 0.05) is 17.8 Å². The van der Waals surface area contributed by atoms with Crippen LogP contribution in [0.4, 0.5) is 10.5 Å². The molecule has 2 amide bonds. The SMILES string of the molecule is COc1cc(C)cc(NC(=O)NC2CC2)c1. The number of rotatable bonds is 3. The van der Waals surface area contributed by atoms with Gasteiger partial charge < -0.3 is 15.4 Å². The molecule has 1 aromatic carbocycles. The second-order valence-corrected chi connectivity index (χ2v) is 4.11. The van der Waals surface area contributed by atoms with E-state index in [1.165, 1.54) is 0 Å². The Labute approximate surface area is 95.0 Å². The Morgan fingerprint density at radius 2 is 2.12 bits per heavy atom. The van der Waals surface area contributed by atoms with Gasteiger partial charge in [0.25, 0.3) is 0 Å². The maximum Gasteiger partial charge on any atom is 0.319 e. The first-order valence-electron chi connectivity index (χ1n) is 5.40. The molecule has 0 saturated heterocycles. The number of aryl methyl sites for hydroxylation is 1. The second-order valence-electron chi connectivity index (χ2n) is 4.11. The third-order valence-corrected chi connectivity index (χ3v) is 2.46. The van der Waals surface area contributed by atoms with Gasteiger partial charge in [-0.2, -0.15) is 0 Å². The monoisotopic (exact) mass is 220 g/mol. The van der Waals surface area contributed by atoms with E-state index < -0.39 is 0 Å². The largest absolute Gasteiger partial charge is 0.497 e. The zero-order valence-electron chi connectivity index (χ0n) is 9.54. The Morgan fingerprint density at radius 3 is 2.75 bits per heavy atom. The minimum atomic E-state index is -0.143. The lowest BCUT2D eigenvalue weighted by Gasteiger charge is -2.09. The van der Waals surface area contributed by atoms with Crippen molar-refractivity contribution in [3.63, 3.8) is 0 Å². The van der Waals surface area contributed by atoms with Crippen molar-refractivity contribution in [3.8, 4) is 5.75 Å². The summed E-state index contributed by atoms with van der Waals surface area (Å²) in [7, 11) is 1.61. The van der Waals surface area contributed by atoms with Gasteiger partial charge in [0.05, 0.1) is 7.11 Å². The molecule has 0 heterocycles. The lowest BCUT2D eigenvalue weighted by Crippen LogP contribution is -2.30. The first-order valence-corrected chi connectivity index (χ1v) is 5.40. The zero-order chi connectivity index (χ0) is 11.5. The number of amides is 2. The molecule has 0 atom stereocenters. The Kier molecular flexibility index (Phi) is 2.99. The van der Waals surface area contributed by atoms with E-state index >= 15 is 0 Å². The molecule has 0 spiro atoms. The van der Waals surface area contributed by atoms with E-state index in [9.17, 15) is 4.79 Å². The van der Waals surface area contributed by atoms with Crippen molar-refractivity contribution < 1.29 is 9.53 Å². The number of ether oxygens (including phenoxy) is 1. The average molecular weight is 220 g/mol. The Bertz CT molecular complexity index is 400. The van der Waals surface area contributed by atoms with E-state index in [2.05, 4.69) is 10.6 Å².